The smallest absolute Gasteiger partial charge is 0.308 e. The Morgan fingerprint density at radius 3 is 3.00 bits per heavy atom. The van der Waals surface area contributed by atoms with Crippen LogP contribution in [0.3, 0.4) is 0 Å². The van der Waals surface area contributed by atoms with E-state index in [1.54, 1.807) is 0 Å². The van der Waals surface area contributed by atoms with Crippen molar-refractivity contribution in [1.29, 1.82) is 0 Å². The van der Waals surface area contributed by atoms with Gasteiger partial charge in [-0.3, -0.25) is 4.79 Å². The minimum atomic E-state index is -0.398. The van der Waals surface area contributed by atoms with Crippen molar-refractivity contribution in [3.63, 3.8) is 0 Å². The van der Waals surface area contributed by atoms with Crippen LogP contribution in [0.2, 0.25) is 0 Å². The molecular weight excluding hydrogens is 162 g/mol. The summed E-state index contributed by atoms with van der Waals surface area (Å²) in [5.74, 6) is -0.162. The van der Waals surface area contributed by atoms with Crippen LogP contribution in [0.15, 0.2) is 4.42 Å². The summed E-state index contributed by atoms with van der Waals surface area (Å²) in [5.41, 5.74) is 0. The number of hydrogen-bond acceptors (Lipinski definition) is 5. The van der Waals surface area contributed by atoms with E-state index in [4.69, 9.17) is 9.15 Å². The van der Waals surface area contributed by atoms with Gasteiger partial charge >= 0.3 is 11.8 Å². The van der Waals surface area contributed by atoms with E-state index in [0.717, 1.165) is 0 Å². The fourth-order valence-electron chi connectivity index (χ4n) is 0.634. The lowest BCUT2D eigenvalue weighted by Gasteiger charge is -1.90. The number of rotatable bonds is 3. The zero-order valence-electron chi connectivity index (χ0n) is 6.83. The maximum Gasteiger partial charge on any atom is 0.308 e. The molecule has 66 valence electrons. The average molecular weight is 171 g/mol. The van der Waals surface area contributed by atoms with Crippen molar-refractivity contribution in [3.05, 3.63) is 11.8 Å². The van der Waals surface area contributed by atoms with E-state index < -0.39 is 5.91 Å². The van der Waals surface area contributed by atoms with Gasteiger partial charge in [0.1, 0.15) is 6.61 Å². The third-order valence-corrected chi connectivity index (χ3v) is 1.16. The Morgan fingerprint density at radius 2 is 2.42 bits per heavy atom. The van der Waals surface area contributed by atoms with Crippen molar-refractivity contribution in [1.82, 2.24) is 15.5 Å². The van der Waals surface area contributed by atoms with Crippen LogP contribution in [-0.2, 0) is 11.3 Å². The highest BCUT2D eigenvalue weighted by Gasteiger charge is 2.11. The molecule has 0 saturated heterocycles. The van der Waals surface area contributed by atoms with Crippen LogP contribution in [-0.4, -0.2) is 30.3 Å². The van der Waals surface area contributed by atoms with Crippen LogP contribution >= 0.6 is 0 Å². The number of methoxy groups -OCH3 is 1. The molecule has 1 rings (SSSR count). The quantitative estimate of drug-likeness (QED) is 0.668. The normalized spacial score (nSPS) is 9.83. The fourth-order valence-corrected chi connectivity index (χ4v) is 0.634. The van der Waals surface area contributed by atoms with Crippen LogP contribution in [0.25, 0.3) is 0 Å². The summed E-state index contributed by atoms with van der Waals surface area (Å²) < 4.78 is 9.64. The van der Waals surface area contributed by atoms with Crippen molar-refractivity contribution < 1.29 is 13.9 Å². The summed E-state index contributed by atoms with van der Waals surface area (Å²) in [6, 6.07) is 0. The van der Waals surface area contributed by atoms with E-state index in [2.05, 4.69) is 15.5 Å². The number of carbonyl (C=O) groups is 1. The number of hydrogen-bond donors (Lipinski definition) is 1. The van der Waals surface area contributed by atoms with Crippen LogP contribution < -0.4 is 5.32 Å². The van der Waals surface area contributed by atoms with Crippen molar-refractivity contribution in [2.45, 2.75) is 6.61 Å². The first kappa shape index (κ1) is 8.66. The molecule has 0 fully saturated rings. The van der Waals surface area contributed by atoms with Crippen LogP contribution in [0.1, 0.15) is 16.6 Å². The number of ether oxygens (including phenoxy) is 1. The molecule has 0 atom stereocenters. The van der Waals surface area contributed by atoms with Gasteiger partial charge in [-0.25, -0.2) is 0 Å². The van der Waals surface area contributed by atoms with E-state index in [1.165, 1.54) is 14.2 Å². The first-order chi connectivity index (χ1) is 5.77. The topological polar surface area (TPSA) is 77.2 Å². The molecule has 1 aromatic rings. The number of carbonyl (C=O) groups excluding carboxylic acids is 1. The molecule has 0 aliphatic carbocycles. The SMILES string of the molecule is CNC(=O)c1nnc(COC)o1. The third-order valence-electron chi connectivity index (χ3n) is 1.16. The molecule has 1 aromatic heterocycles. The van der Waals surface area contributed by atoms with E-state index in [9.17, 15) is 4.79 Å². The van der Waals surface area contributed by atoms with Gasteiger partial charge in [0, 0.05) is 14.2 Å². The van der Waals surface area contributed by atoms with Crippen molar-refractivity contribution in [2.75, 3.05) is 14.2 Å². The van der Waals surface area contributed by atoms with E-state index in [0.29, 0.717) is 0 Å². The molecule has 0 aromatic carbocycles. The molecule has 0 spiro atoms. The van der Waals surface area contributed by atoms with Gasteiger partial charge in [0.15, 0.2) is 0 Å². The molecule has 0 saturated carbocycles. The van der Waals surface area contributed by atoms with Gasteiger partial charge in [-0.2, -0.15) is 0 Å². The van der Waals surface area contributed by atoms with E-state index in [-0.39, 0.29) is 18.4 Å². The van der Waals surface area contributed by atoms with E-state index in [1.807, 2.05) is 0 Å². The average Bonchev–Trinajstić information content (AvgIpc) is 2.52. The molecule has 6 nitrogen and oxygen atoms in total. The summed E-state index contributed by atoms with van der Waals surface area (Å²) in [5, 5.41) is 9.43. The highest BCUT2D eigenvalue weighted by Crippen LogP contribution is 1.99. The first-order valence-corrected chi connectivity index (χ1v) is 3.31. The number of nitrogens with zero attached hydrogens (tertiary/aromatic N) is 2. The molecule has 12 heavy (non-hydrogen) atoms. The molecular formula is C6H9N3O3. The van der Waals surface area contributed by atoms with Crippen LogP contribution in [0.4, 0.5) is 0 Å². The van der Waals surface area contributed by atoms with Crippen LogP contribution in [0.5, 0.6) is 0 Å². The van der Waals surface area contributed by atoms with Crippen molar-refractivity contribution >= 4 is 5.91 Å². The lowest BCUT2D eigenvalue weighted by molar-refractivity contribution is 0.0920. The standard InChI is InChI=1S/C6H9N3O3/c1-7-5(10)6-9-8-4(12-6)3-11-2/h3H2,1-2H3,(H,7,10). The zero-order valence-corrected chi connectivity index (χ0v) is 6.83. The molecule has 0 bridgehead atoms. The minimum Gasteiger partial charge on any atom is -0.414 e. The molecule has 1 N–H and O–H groups in total. The Balaban J connectivity index is 2.70. The number of nitrogens with one attached hydrogen (secondary N) is 1. The highest BCUT2D eigenvalue weighted by molar-refractivity contribution is 5.89. The van der Waals surface area contributed by atoms with Crippen molar-refractivity contribution in [3.8, 4) is 0 Å². The minimum absolute atomic E-state index is 0.0513. The Kier molecular flexibility index (Phi) is 2.76. The lowest BCUT2D eigenvalue weighted by Crippen LogP contribution is -2.17. The Labute approximate surface area is 68.9 Å². The number of amides is 1. The zero-order chi connectivity index (χ0) is 8.97. The number of aromatic nitrogens is 2. The Morgan fingerprint density at radius 1 is 1.67 bits per heavy atom. The maximum absolute atomic E-state index is 10.9. The first-order valence-electron chi connectivity index (χ1n) is 3.31. The predicted molar refractivity (Wildman–Crippen MR) is 38.4 cm³/mol. The molecule has 0 aliphatic rings. The van der Waals surface area contributed by atoms with Gasteiger partial charge in [0.2, 0.25) is 5.89 Å². The molecule has 6 heteroatoms. The summed E-state index contributed by atoms with van der Waals surface area (Å²) >= 11 is 0. The summed E-state index contributed by atoms with van der Waals surface area (Å²) in [4.78, 5) is 10.9. The second kappa shape index (κ2) is 3.82. The Bertz CT molecular complexity index is 271. The van der Waals surface area contributed by atoms with E-state index >= 15 is 0 Å². The van der Waals surface area contributed by atoms with Gasteiger partial charge < -0.3 is 14.5 Å². The molecule has 0 radical (unpaired) electrons. The fraction of sp³-hybridized carbons (Fsp3) is 0.500. The largest absolute Gasteiger partial charge is 0.414 e. The van der Waals surface area contributed by atoms with Gasteiger partial charge in [0.25, 0.3) is 0 Å². The van der Waals surface area contributed by atoms with Gasteiger partial charge in [-0.05, 0) is 0 Å². The monoisotopic (exact) mass is 171 g/mol. The highest BCUT2D eigenvalue weighted by atomic mass is 16.5. The van der Waals surface area contributed by atoms with Crippen molar-refractivity contribution in [2.24, 2.45) is 0 Å². The van der Waals surface area contributed by atoms with Gasteiger partial charge in [-0.1, -0.05) is 0 Å². The summed E-state index contributed by atoms with van der Waals surface area (Å²) in [6.07, 6.45) is 0. The Hall–Kier alpha value is -1.43. The second-order valence-corrected chi connectivity index (χ2v) is 2.01. The maximum atomic E-state index is 10.9. The van der Waals surface area contributed by atoms with Gasteiger partial charge in [-0.15, -0.1) is 10.2 Å². The molecule has 0 unspecified atom stereocenters. The predicted octanol–water partition coefficient (Wildman–Crippen LogP) is -0.424. The van der Waals surface area contributed by atoms with Gasteiger partial charge in [0.05, 0.1) is 0 Å². The third kappa shape index (κ3) is 1.79. The summed E-state index contributed by atoms with van der Waals surface area (Å²) in [6.45, 7) is 0.212. The second-order valence-electron chi connectivity index (χ2n) is 2.01. The molecule has 1 amide bonds. The van der Waals surface area contributed by atoms with Crippen LogP contribution in [0, 0.1) is 0 Å². The molecule has 1 heterocycles. The lowest BCUT2D eigenvalue weighted by atomic mass is 10.6. The molecule has 0 aliphatic heterocycles. The summed E-state index contributed by atoms with van der Waals surface area (Å²) in [7, 11) is 2.99.